The molecule has 7 heteroatoms. The van der Waals surface area contributed by atoms with Crippen molar-refractivity contribution in [3.8, 4) is 0 Å². The van der Waals surface area contributed by atoms with Crippen LogP contribution in [0.4, 0.5) is 5.69 Å². The number of rotatable bonds is 6. The second kappa shape index (κ2) is 10.1. The van der Waals surface area contributed by atoms with E-state index in [-0.39, 0.29) is 0 Å². The molecule has 1 aliphatic heterocycles. The summed E-state index contributed by atoms with van der Waals surface area (Å²) in [6, 6.07) is 16.0. The van der Waals surface area contributed by atoms with Gasteiger partial charge in [-0.1, -0.05) is 35.5 Å². The van der Waals surface area contributed by atoms with E-state index in [4.69, 9.17) is 28.6 Å². The van der Waals surface area contributed by atoms with Crippen LogP contribution in [0.3, 0.4) is 0 Å². The third kappa shape index (κ3) is 6.14. The molecule has 138 valence electrons. The molecule has 1 aliphatic rings. The number of anilines is 1. The molecule has 2 aromatic rings. The fourth-order valence-electron chi connectivity index (χ4n) is 2.61. The van der Waals surface area contributed by atoms with Crippen molar-refractivity contribution in [1.29, 1.82) is 0 Å². The largest absolute Gasteiger partial charge is 0.379 e. The van der Waals surface area contributed by atoms with E-state index < -0.39 is 0 Å². The molecule has 0 saturated carbocycles. The highest BCUT2D eigenvalue weighted by Crippen LogP contribution is 2.33. The molecule has 0 aromatic heterocycles. The van der Waals surface area contributed by atoms with Crippen molar-refractivity contribution in [2.24, 2.45) is 0 Å². The van der Waals surface area contributed by atoms with E-state index in [1.165, 1.54) is 0 Å². The van der Waals surface area contributed by atoms with Gasteiger partial charge < -0.3 is 15.4 Å². The average Bonchev–Trinajstić information content (AvgIpc) is 2.66. The lowest BCUT2D eigenvalue weighted by Crippen LogP contribution is -2.42. The lowest BCUT2D eigenvalue weighted by atomic mass is 10.3. The third-order valence-electron chi connectivity index (χ3n) is 3.99. The zero-order valence-corrected chi connectivity index (χ0v) is 16.8. The van der Waals surface area contributed by atoms with E-state index in [1.807, 2.05) is 42.5 Å². The van der Waals surface area contributed by atoms with Crippen molar-refractivity contribution in [2.75, 3.05) is 44.7 Å². The standard InChI is InChI=1S/C19H22ClN3OS2/c20-15-5-7-16(8-6-15)26-18-4-2-1-3-17(18)22-19(25)21-9-10-23-11-13-24-14-12-23/h1-8H,9-14H2,(H2,21,22,25). The Morgan fingerprint density at radius 1 is 1.12 bits per heavy atom. The summed E-state index contributed by atoms with van der Waals surface area (Å²) in [5.41, 5.74) is 0.997. The van der Waals surface area contributed by atoms with Gasteiger partial charge in [0.2, 0.25) is 0 Å². The van der Waals surface area contributed by atoms with Crippen molar-refractivity contribution in [2.45, 2.75) is 9.79 Å². The Morgan fingerprint density at radius 3 is 2.62 bits per heavy atom. The Bertz CT molecular complexity index is 721. The van der Waals surface area contributed by atoms with Crippen molar-refractivity contribution >= 4 is 46.4 Å². The zero-order chi connectivity index (χ0) is 18.2. The molecule has 0 spiro atoms. The second-order valence-corrected chi connectivity index (χ2v) is 7.85. The quantitative estimate of drug-likeness (QED) is 0.702. The molecule has 4 nitrogen and oxygen atoms in total. The summed E-state index contributed by atoms with van der Waals surface area (Å²) in [5, 5.41) is 7.98. The summed E-state index contributed by atoms with van der Waals surface area (Å²) in [5.74, 6) is 0. The van der Waals surface area contributed by atoms with Crippen LogP contribution in [0.5, 0.6) is 0 Å². The number of morpholine rings is 1. The van der Waals surface area contributed by atoms with Crippen LogP contribution in [0.25, 0.3) is 0 Å². The molecule has 3 rings (SSSR count). The van der Waals surface area contributed by atoms with E-state index in [1.54, 1.807) is 11.8 Å². The monoisotopic (exact) mass is 407 g/mol. The van der Waals surface area contributed by atoms with E-state index in [2.05, 4.69) is 21.6 Å². The summed E-state index contributed by atoms with van der Waals surface area (Å²) in [6.45, 7) is 5.39. The fourth-order valence-corrected chi connectivity index (χ4v) is 3.85. The van der Waals surface area contributed by atoms with E-state index in [0.29, 0.717) is 5.11 Å². The van der Waals surface area contributed by atoms with Crippen LogP contribution in [0.2, 0.25) is 5.02 Å². The number of benzene rings is 2. The number of para-hydroxylation sites is 1. The Morgan fingerprint density at radius 2 is 1.85 bits per heavy atom. The van der Waals surface area contributed by atoms with Gasteiger partial charge in [0.15, 0.2) is 5.11 Å². The van der Waals surface area contributed by atoms with Crippen molar-refractivity contribution in [1.82, 2.24) is 10.2 Å². The van der Waals surface area contributed by atoms with Gasteiger partial charge in [-0.25, -0.2) is 0 Å². The molecule has 0 aliphatic carbocycles. The number of thiocarbonyl (C=S) groups is 1. The van der Waals surface area contributed by atoms with Crippen molar-refractivity contribution in [3.05, 3.63) is 53.6 Å². The van der Waals surface area contributed by atoms with Gasteiger partial charge in [0.1, 0.15) is 0 Å². The summed E-state index contributed by atoms with van der Waals surface area (Å²) in [6.07, 6.45) is 0. The van der Waals surface area contributed by atoms with Crippen LogP contribution >= 0.6 is 35.6 Å². The van der Waals surface area contributed by atoms with Gasteiger partial charge in [0.05, 0.1) is 18.9 Å². The van der Waals surface area contributed by atoms with Crippen molar-refractivity contribution < 1.29 is 4.74 Å². The molecule has 0 atom stereocenters. The van der Waals surface area contributed by atoms with E-state index in [9.17, 15) is 0 Å². The van der Waals surface area contributed by atoms with Gasteiger partial charge in [-0.05, 0) is 48.6 Å². The topological polar surface area (TPSA) is 36.5 Å². The van der Waals surface area contributed by atoms with Crippen LogP contribution in [0, 0.1) is 0 Å². The first-order valence-corrected chi connectivity index (χ1v) is 10.2. The van der Waals surface area contributed by atoms with E-state index in [0.717, 1.165) is 59.9 Å². The van der Waals surface area contributed by atoms with Crippen molar-refractivity contribution in [3.63, 3.8) is 0 Å². The van der Waals surface area contributed by atoms with Crippen LogP contribution in [0.1, 0.15) is 0 Å². The molecule has 0 bridgehead atoms. The number of hydrogen-bond donors (Lipinski definition) is 2. The second-order valence-electron chi connectivity index (χ2n) is 5.89. The first-order chi connectivity index (χ1) is 12.7. The van der Waals surface area contributed by atoms with Gasteiger partial charge in [-0.15, -0.1) is 0 Å². The molecule has 26 heavy (non-hydrogen) atoms. The summed E-state index contributed by atoms with van der Waals surface area (Å²) in [7, 11) is 0. The van der Waals surface area contributed by atoms with Gasteiger partial charge in [-0.3, -0.25) is 4.90 Å². The summed E-state index contributed by atoms with van der Waals surface area (Å²) < 4.78 is 5.36. The first kappa shape index (κ1) is 19.5. The Kier molecular flexibility index (Phi) is 7.58. The smallest absolute Gasteiger partial charge is 0.170 e. The minimum Gasteiger partial charge on any atom is -0.379 e. The summed E-state index contributed by atoms with van der Waals surface area (Å²) in [4.78, 5) is 4.63. The zero-order valence-electron chi connectivity index (χ0n) is 14.4. The lowest BCUT2D eigenvalue weighted by molar-refractivity contribution is 0.0389. The number of nitrogens with one attached hydrogen (secondary N) is 2. The van der Waals surface area contributed by atoms with Crippen LogP contribution in [-0.4, -0.2) is 49.4 Å². The SMILES string of the molecule is S=C(NCCN1CCOCC1)Nc1ccccc1Sc1ccc(Cl)cc1. The number of halogens is 1. The molecule has 0 radical (unpaired) electrons. The molecule has 1 heterocycles. The maximum Gasteiger partial charge on any atom is 0.170 e. The Labute approximate surface area is 169 Å². The molecule has 0 amide bonds. The van der Waals surface area contributed by atoms with Crippen LogP contribution in [-0.2, 0) is 4.74 Å². The highest BCUT2D eigenvalue weighted by atomic mass is 35.5. The van der Waals surface area contributed by atoms with Gasteiger partial charge in [0, 0.05) is 41.0 Å². The number of nitrogens with zero attached hydrogens (tertiary/aromatic N) is 1. The molecule has 2 aromatic carbocycles. The van der Waals surface area contributed by atoms with Crippen LogP contribution < -0.4 is 10.6 Å². The van der Waals surface area contributed by atoms with Gasteiger partial charge >= 0.3 is 0 Å². The van der Waals surface area contributed by atoms with E-state index >= 15 is 0 Å². The molecule has 2 N–H and O–H groups in total. The Balaban J connectivity index is 1.52. The van der Waals surface area contributed by atoms with Crippen LogP contribution in [0.15, 0.2) is 58.3 Å². The predicted molar refractivity (Wildman–Crippen MR) is 113 cm³/mol. The number of ether oxygens (including phenoxy) is 1. The maximum atomic E-state index is 5.96. The highest BCUT2D eigenvalue weighted by Gasteiger charge is 2.10. The number of hydrogen-bond acceptors (Lipinski definition) is 4. The predicted octanol–water partition coefficient (Wildman–Crippen LogP) is 4.11. The molecule has 1 fully saturated rings. The minimum atomic E-state index is 0.641. The lowest BCUT2D eigenvalue weighted by Gasteiger charge is -2.26. The highest BCUT2D eigenvalue weighted by molar-refractivity contribution is 7.99. The third-order valence-corrected chi connectivity index (χ3v) is 5.58. The molecular weight excluding hydrogens is 386 g/mol. The van der Waals surface area contributed by atoms with Gasteiger partial charge in [-0.2, -0.15) is 0 Å². The first-order valence-electron chi connectivity index (χ1n) is 8.58. The fraction of sp³-hybridized carbons (Fsp3) is 0.316. The summed E-state index contributed by atoms with van der Waals surface area (Å²) >= 11 is 13.1. The van der Waals surface area contributed by atoms with Gasteiger partial charge in [0.25, 0.3) is 0 Å². The normalized spacial score (nSPS) is 14.8. The molecular formula is C19H22ClN3OS2. The molecule has 1 saturated heterocycles. The average molecular weight is 408 g/mol. The maximum absolute atomic E-state index is 5.96. The minimum absolute atomic E-state index is 0.641. The Hall–Kier alpha value is -1.31. The molecule has 0 unspecified atom stereocenters.